The fourth-order valence-corrected chi connectivity index (χ4v) is 3.25. The quantitative estimate of drug-likeness (QED) is 0.792. The van der Waals surface area contributed by atoms with Crippen molar-refractivity contribution >= 4 is 21.4 Å². The number of rotatable bonds is 4. The van der Waals surface area contributed by atoms with E-state index in [0.717, 1.165) is 18.8 Å². The van der Waals surface area contributed by atoms with E-state index < -0.39 is 0 Å². The molecule has 2 heterocycles. The normalized spacial score (nSPS) is 12.9. The molecule has 0 radical (unpaired) electrons. The standard InChI is InChI=1S/C15H17N3S/c1-11(16)8-15-17-6-7-18(15)9-12-10-19-14-5-3-2-4-13(12)14/h2-7,10-11H,8-9,16H2,1H3. The number of imidazole rings is 1. The zero-order chi connectivity index (χ0) is 13.2. The Hall–Kier alpha value is -1.65. The maximum atomic E-state index is 5.87. The van der Waals surface area contributed by atoms with Gasteiger partial charge in [-0.25, -0.2) is 4.98 Å². The molecule has 3 nitrogen and oxygen atoms in total. The van der Waals surface area contributed by atoms with Gasteiger partial charge in [-0.1, -0.05) is 18.2 Å². The highest BCUT2D eigenvalue weighted by atomic mass is 32.1. The van der Waals surface area contributed by atoms with Gasteiger partial charge in [0.1, 0.15) is 5.82 Å². The van der Waals surface area contributed by atoms with E-state index in [1.807, 2.05) is 19.3 Å². The molecule has 98 valence electrons. The maximum Gasteiger partial charge on any atom is 0.110 e. The second-order valence-electron chi connectivity index (χ2n) is 4.91. The van der Waals surface area contributed by atoms with Crippen LogP contribution in [0.5, 0.6) is 0 Å². The third-order valence-electron chi connectivity index (χ3n) is 3.21. The lowest BCUT2D eigenvalue weighted by Gasteiger charge is -2.09. The van der Waals surface area contributed by atoms with Crippen LogP contribution in [-0.2, 0) is 13.0 Å². The van der Waals surface area contributed by atoms with E-state index in [4.69, 9.17) is 5.73 Å². The zero-order valence-corrected chi connectivity index (χ0v) is 11.7. The smallest absolute Gasteiger partial charge is 0.110 e. The van der Waals surface area contributed by atoms with Crippen molar-refractivity contribution in [3.05, 3.63) is 53.4 Å². The number of fused-ring (bicyclic) bond motifs is 1. The molecule has 19 heavy (non-hydrogen) atoms. The van der Waals surface area contributed by atoms with Gasteiger partial charge < -0.3 is 10.3 Å². The highest BCUT2D eigenvalue weighted by molar-refractivity contribution is 7.17. The number of thiophene rings is 1. The molecule has 0 aliphatic carbocycles. The molecule has 0 fully saturated rings. The molecule has 0 amide bonds. The maximum absolute atomic E-state index is 5.87. The van der Waals surface area contributed by atoms with Gasteiger partial charge >= 0.3 is 0 Å². The van der Waals surface area contributed by atoms with E-state index in [1.165, 1.54) is 15.6 Å². The van der Waals surface area contributed by atoms with E-state index >= 15 is 0 Å². The summed E-state index contributed by atoms with van der Waals surface area (Å²) in [5.74, 6) is 1.06. The summed E-state index contributed by atoms with van der Waals surface area (Å²) in [4.78, 5) is 4.40. The molecule has 2 N–H and O–H groups in total. The van der Waals surface area contributed by atoms with Crippen molar-refractivity contribution in [2.24, 2.45) is 5.73 Å². The summed E-state index contributed by atoms with van der Waals surface area (Å²) >= 11 is 1.80. The molecule has 0 spiro atoms. The van der Waals surface area contributed by atoms with Gasteiger partial charge in [0.15, 0.2) is 0 Å². The van der Waals surface area contributed by atoms with Crippen molar-refractivity contribution in [2.45, 2.75) is 25.9 Å². The van der Waals surface area contributed by atoms with Crippen molar-refractivity contribution in [2.75, 3.05) is 0 Å². The van der Waals surface area contributed by atoms with Gasteiger partial charge in [0.2, 0.25) is 0 Å². The summed E-state index contributed by atoms with van der Waals surface area (Å²) < 4.78 is 3.53. The summed E-state index contributed by atoms with van der Waals surface area (Å²) in [6, 6.07) is 8.67. The Bertz CT molecular complexity index is 681. The van der Waals surface area contributed by atoms with Crippen LogP contribution in [0.4, 0.5) is 0 Å². The Morgan fingerprint density at radius 3 is 3.05 bits per heavy atom. The second-order valence-corrected chi connectivity index (χ2v) is 5.82. The van der Waals surface area contributed by atoms with Crippen LogP contribution in [0.15, 0.2) is 42.0 Å². The first-order chi connectivity index (χ1) is 9.24. The first-order valence-corrected chi connectivity index (χ1v) is 7.32. The van der Waals surface area contributed by atoms with Gasteiger partial charge in [-0.05, 0) is 29.3 Å². The number of hydrogen-bond donors (Lipinski definition) is 1. The summed E-state index contributed by atoms with van der Waals surface area (Å²) in [6.45, 7) is 2.88. The Labute approximate surface area is 116 Å². The molecule has 2 aromatic heterocycles. The lowest BCUT2D eigenvalue weighted by Crippen LogP contribution is -2.20. The number of benzene rings is 1. The van der Waals surface area contributed by atoms with Crippen LogP contribution in [0.1, 0.15) is 18.3 Å². The van der Waals surface area contributed by atoms with Gasteiger partial charge in [-0.3, -0.25) is 0 Å². The van der Waals surface area contributed by atoms with Crippen LogP contribution >= 0.6 is 11.3 Å². The van der Waals surface area contributed by atoms with E-state index in [-0.39, 0.29) is 6.04 Å². The fourth-order valence-electron chi connectivity index (χ4n) is 2.30. The number of nitrogens with zero attached hydrogens (tertiary/aromatic N) is 2. The van der Waals surface area contributed by atoms with Crippen molar-refractivity contribution in [1.29, 1.82) is 0 Å². The monoisotopic (exact) mass is 271 g/mol. The Morgan fingerprint density at radius 1 is 1.37 bits per heavy atom. The predicted molar refractivity (Wildman–Crippen MR) is 80.5 cm³/mol. The van der Waals surface area contributed by atoms with E-state index in [2.05, 4.69) is 39.2 Å². The van der Waals surface area contributed by atoms with Crippen LogP contribution in [0, 0.1) is 0 Å². The molecular weight excluding hydrogens is 254 g/mol. The van der Waals surface area contributed by atoms with Crippen molar-refractivity contribution in [3.8, 4) is 0 Å². The molecule has 0 aliphatic rings. The van der Waals surface area contributed by atoms with E-state index in [1.54, 1.807) is 11.3 Å². The minimum Gasteiger partial charge on any atom is -0.330 e. The molecule has 3 aromatic rings. The van der Waals surface area contributed by atoms with Gasteiger partial charge in [0.25, 0.3) is 0 Å². The third-order valence-corrected chi connectivity index (χ3v) is 4.22. The van der Waals surface area contributed by atoms with Crippen LogP contribution < -0.4 is 5.73 Å². The number of nitrogens with two attached hydrogens (primary N) is 1. The van der Waals surface area contributed by atoms with Crippen molar-refractivity contribution in [1.82, 2.24) is 9.55 Å². The van der Waals surface area contributed by atoms with Gasteiger partial charge in [-0.2, -0.15) is 0 Å². The van der Waals surface area contributed by atoms with E-state index in [9.17, 15) is 0 Å². The highest BCUT2D eigenvalue weighted by Crippen LogP contribution is 2.26. The molecule has 0 bridgehead atoms. The molecule has 0 saturated heterocycles. The zero-order valence-electron chi connectivity index (χ0n) is 10.9. The third kappa shape index (κ3) is 2.55. The predicted octanol–water partition coefficient (Wildman–Crippen LogP) is 3.04. The molecule has 4 heteroatoms. The van der Waals surface area contributed by atoms with Crippen LogP contribution in [0.3, 0.4) is 0 Å². The fraction of sp³-hybridized carbons (Fsp3) is 0.267. The molecule has 1 unspecified atom stereocenters. The SMILES string of the molecule is CC(N)Cc1nccn1Cc1csc2ccccc12. The first-order valence-electron chi connectivity index (χ1n) is 6.45. The van der Waals surface area contributed by atoms with Crippen LogP contribution in [-0.4, -0.2) is 15.6 Å². The van der Waals surface area contributed by atoms with Gasteiger partial charge in [-0.15, -0.1) is 11.3 Å². The Morgan fingerprint density at radius 2 is 2.21 bits per heavy atom. The molecule has 3 rings (SSSR count). The summed E-state index contributed by atoms with van der Waals surface area (Å²) in [5.41, 5.74) is 7.22. The molecule has 0 saturated carbocycles. The van der Waals surface area contributed by atoms with Gasteiger partial charge in [0.05, 0.1) is 6.54 Å². The first kappa shape index (κ1) is 12.4. The van der Waals surface area contributed by atoms with E-state index in [0.29, 0.717) is 0 Å². The Balaban J connectivity index is 1.91. The Kier molecular flexibility index (Phi) is 3.36. The summed E-state index contributed by atoms with van der Waals surface area (Å²) in [5, 5.41) is 3.58. The largest absolute Gasteiger partial charge is 0.330 e. The molecule has 1 atom stereocenters. The van der Waals surface area contributed by atoms with Gasteiger partial charge in [0, 0.05) is 29.6 Å². The molecule has 1 aromatic carbocycles. The minimum absolute atomic E-state index is 0.139. The average molecular weight is 271 g/mol. The minimum atomic E-state index is 0.139. The summed E-state index contributed by atoms with van der Waals surface area (Å²) in [7, 11) is 0. The highest BCUT2D eigenvalue weighted by Gasteiger charge is 2.08. The second kappa shape index (κ2) is 5.15. The molecule has 0 aliphatic heterocycles. The molecular formula is C15H17N3S. The van der Waals surface area contributed by atoms with Crippen LogP contribution in [0.2, 0.25) is 0 Å². The van der Waals surface area contributed by atoms with Crippen molar-refractivity contribution < 1.29 is 0 Å². The number of hydrogen-bond acceptors (Lipinski definition) is 3. The number of aromatic nitrogens is 2. The average Bonchev–Trinajstić information content (AvgIpc) is 2.98. The lowest BCUT2D eigenvalue weighted by atomic mass is 10.1. The lowest BCUT2D eigenvalue weighted by molar-refractivity contribution is 0.650. The van der Waals surface area contributed by atoms with Crippen molar-refractivity contribution in [3.63, 3.8) is 0 Å². The van der Waals surface area contributed by atoms with Crippen LogP contribution in [0.25, 0.3) is 10.1 Å². The topological polar surface area (TPSA) is 43.8 Å². The summed E-state index contributed by atoms with van der Waals surface area (Å²) in [6.07, 6.45) is 4.70.